The van der Waals surface area contributed by atoms with E-state index in [9.17, 15) is 13.2 Å². The summed E-state index contributed by atoms with van der Waals surface area (Å²) in [4.78, 5) is 16.9. The van der Waals surface area contributed by atoms with Crippen LogP contribution in [-0.4, -0.2) is 62.2 Å². The van der Waals surface area contributed by atoms with Crippen LogP contribution in [-0.2, 0) is 14.8 Å². The first-order valence-corrected chi connectivity index (χ1v) is 9.23. The largest absolute Gasteiger partial charge is 0.374 e. The van der Waals surface area contributed by atoms with Crippen LogP contribution < -0.4 is 5.32 Å². The smallest absolute Gasteiger partial charge is 0.263 e. The Morgan fingerprint density at radius 1 is 1.52 bits per heavy atom. The molecule has 0 aliphatic carbocycles. The monoisotopic (exact) mass is 333 g/mol. The number of thiazole rings is 1. The normalized spacial score (nSPS) is 20.4. The molecule has 0 spiro atoms. The molecule has 0 unspecified atom stereocenters. The molecule has 1 aromatic heterocycles. The zero-order valence-electron chi connectivity index (χ0n) is 12.2. The number of hydrogen-bond donors (Lipinski definition) is 1. The molecule has 1 amide bonds. The van der Waals surface area contributed by atoms with Crippen molar-refractivity contribution in [3.8, 4) is 0 Å². The topological polar surface area (TPSA) is 88.6 Å². The Balaban J connectivity index is 1.91. The number of carbonyl (C=O) groups is 1. The maximum absolute atomic E-state index is 12.1. The van der Waals surface area contributed by atoms with Crippen molar-refractivity contribution in [2.24, 2.45) is 0 Å². The average Bonchev–Trinajstić information content (AvgIpc) is 2.74. The van der Waals surface area contributed by atoms with Crippen LogP contribution in [0, 0.1) is 13.8 Å². The number of morpholine rings is 1. The van der Waals surface area contributed by atoms with E-state index in [0.29, 0.717) is 23.7 Å². The summed E-state index contributed by atoms with van der Waals surface area (Å²) < 4.78 is 29.9. The van der Waals surface area contributed by atoms with Gasteiger partial charge >= 0.3 is 0 Å². The fraction of sp³-hybridized carbons (Fsp3) is 0.667. The van der Waals surface area contributed by atoms with Gasteiger partial charge in [0.1, 0.15) is 4.88 Å². The van der Waals surface area contributed by atoms with Gasteiger partial charge in [0, 0.05) is 19.6 Å². The molecule has 1 saturated heterocycles. The minimum atomic E-state index is -3.22. The lowest BCUT2D eigenvalue weighted by molar-refractivity contribution is 0.000455. The molecule has 21 heavy (non-hydrogen) atoms. The Bertz CT molecular complexity index is 626. The second-order valence-electron chi connectivity index (χ2n) is 4.97. The Morgan fingerprint density at radius 2 is 2.24 bits per heavy atom. The van der Waals surface area contributed by atoms with E-state index < -0.39 is 10.0 Å². The number of aryl methyl sites for hydroxylation is 2. The molecule has 118 valence electrons. The Kier molecular flexibility index (Phi) is 4.97. The van der Waals surface area contributed by atoms with Gasteiger partial charge in [0.25, 0.3) is 5.91 Å². The van der Waals surface area contributed by atoms with Crippen molar-refractivity contribution in [3.05, 3.63) is 15.6 Å². The van der Waals surface area contributed by atoms with E-state index in [4.69, 9.17) is 4.74 Å². The first-order valence-electron chi connectivity index (χ1n) is 6.56. The summed E-state index contributed by atoms with van der Waals surface area (Å²) in [6, 6.07) is 0. The summed E-state index contributed by atoms with van der Waals surface area (Å²) in [6.45, 7) is 4.88. The van der Waals surface area contributed by atoms with Crippen molar-refractivity contribution in [1.29, 1.82) is 0 Å². The highest BCUT2D eigenvalue weighted by Gasteiger charge is 2.27. The number of rotatable bonds is 4. The highest BCUT2D eigenvalue weighted by atomic mass is 32.2. The summed E-state index contributed by atoms with van der Waals surface area (Å²) in [7, 11) is -3.22. The summed E-state index contributed by atoms with van der Waals surface area (Å²) >= 11 is 1.34. The second kappa shape index (κ2) is 6.39. The number of ether oxygens (including phenoxy) is 1. The summed E-state index contributed by atoms with van der Waals surface area (Å²) in [5, 5.41) is 3.62. The predicted octanol–water partition coefficient (Wildman–Crippen LogP) is 0.150. The number of sulfonamides is 1. The molecule has 7 nitrogen and oxygen atoms in total. The maximum Gasteiger partial charge on any atom is 0.263 e. The number of amides is 1. The maximum atomic E-state index is 12.1. The van der Waals surface area contributed by atoms with Crippen molar-refractivity contribution in [2.45, 2.75) is 20.0 Å². The van der Waals surface area contributed by atoms with Crippen LogP contribution in [0.5, 0.6) is 0 Å². The molecule has 0 radical (unpaired) electrons. The van der Waals surface area contributed by atoms with E-state index in [1.807, 2.05) is 6.92 Å². The van der Waals surface area contributed by atoms with Crippen LogP contribution in [0.15, 0.2) is 0 Å². The van der Waals surface area contributed by atoms with Crippen LogP contribution in [0.3, 0.4) is 0 Å². The summed E-state index contributed by atoms with van der Waals surface area (Å²) in [5.74, 6) is -0.196. The fourth-order valence-electron chi connectivity index (χ4n) is 2.15. The molecule has 1 N–H and O–H groups in total. The van der Waals surface area contributed by atoms with Crippen LogP contribution in [0.2, 0.25) is 0 Å². The Labute approximate surface area is 128 Å². The van der Waals surface area contributed by atoms with E-state index in [0.717, 1.165) is 5.01 Å². The van der Waals surface area contributed by atoms with Gasteiger partial charge in [-0.15, -0.1) is 11.3 Å². The molecule has 1 aromatic rings. The zero-order valence-corrected chi connectivity index (χ0v) is 13.9. The molecule has 0 saturated carbocycles. The lowest BCUT2D eigenvalue weighted by Crippen LogP contribution is -2.49. The third kappa shape index (κ3) is 4.22. The van der Waals surface area contributed by atoms with Crippen molar-refractivity contribution >= 4 is 27.3 Å². The quantitative estimate of drug-likeness (QED) is 0.847. The van der Waals surface area contributed by atoms with Gasteiger partial charge in [-0.1, -0.05) is 0 Å². The lowest BCUT2D eigenvalue weighted by Gasteiger charge is -2.31. The van der Waals surface area contributed by atoms with Crippen LogP contribution in [0.25, 0.3) is 0 Å². The molecule has 1 atom stereocenters. The van der Waals surface area contributed by atoms with E-state index in [1.54, 1.807) is 6.92 Å². The molecule has 0 bridgehead atoms. The van der Waals surface area contributed by atoms with Gasteiger partial charge in [0.15, 0.2) is 0 Å². The molecule has 9 heteroatoms. The lowest BCUT2D eigenvalue weighted by atomic mass is 10.3. The molecule has 1 aliphatic heterocycles. The van der Waals surface area contributed by atoms with E-state index in [1.165, 1.54) is 21.9 Å². The van der Waals surface area contributed by atoms with E-state index in [-0.39, 0.29) is 25.1 Å². The van der Waals surface area contributed by atoms with Crippen molar-refractivity contribution < 1.29 is 17.9 Å². The molecular formula is C12H19N3O4S2. The summed E-state index contributed by atoms with van der Waals surface area (Å²) in [6.07, 6.45) is 0.851. The standard InChI is InChI=1S/C12H19N3O4S2/c1-8-11(20-9(2)14-8)12(16)13-6-10-7-15(4-5-19-10)21(3,17)18/h10H,4-7H2,1-3H3,(H,13,16)/t10-/m1/s1. The number of aromatic nitrogens is 1. The minimum Gasteiger partial charge on any atom is -0.374 e. The third-order valence-corrected chi connectivity index (χ3v) is 5.51. The number of nitrogens with one attached hydrogen (secondary N) is 1. The Hall–Kier alpha value is -1.03. The third-order valence-electron chi connectivity index (χ3n) is 3.17. The number of nitrogens with zero attached hydrogens (tertiary/aromatic N) is 2. The van der Waals surface area contributed by atoms with Gasteiger partial charge in [-0.2, -0.15) is 4.31 Å². The first-order chi connectivity index (χ1) is 9.77. The highest BCUT2D eigenvalue weighted by molar-refractivity contribution is 7.88. The van der Waals surface area contributed by atoms with Gasteiger partial charge < -0.3 is 10.1 Å². The molecule has 1 fully saturated rings. The molecule has 1 aliphatic rings. The minimum absolute atomic E-state index is 0.196. The van der Waals surface area contributed by atoms with Crippen molar-refractivity contribution in [3.63, 3.8) is 0 Å². The Morgan fingerprint density at radius 3 is 2.81 bits per heavy atom. The predicted molar refractivity (Wildman–Crippen MR) is 80.1 cm³/mol. The molecule has 2 heterocycles. The zero-order chi connectivity index (χ0) is 15.6. The van der Waals surface area contributed by atoms with Crippen LogP contribution in [0.4, 0.5) is 0 Å². The first kappa shape index (κ1) is 16.3. The van der Waals surface area contributed by atoms with Gasteiger partial charge in [0.05, 0.1) is 29.7 Å². The van der Waals surface area contributed by atoms with E-state index in [2.05, 4.69) is 10.3 Å². The fourth-order valence-corrected chi connectivity index (χ4v) is 3.83. The number of hydrogen-bond acceptors (Lipinski definition) is 6. The molecule has 0 aromatic carbocycles. The van der Waals surface area contributed by atoms with Gasteiger partial charge in [0.2, 0.25) is 10.0 Å². The highest BCUT2D eigenvalue weighted by Crippen LogP contribution is 2.17. The average molecular weight is 333 g/mol. The van der Waals surface area contributed by atoms with Crippen LogP contribution >= 0.6 is 11.3 Å². The van der Waals surface area contributed by atoms with Gasteiger partial charge in [-0.05, 0) is 13.8 Å². The molecular weight excluding hydrogens is 314 g/mol. The second-order valence-corrected chi connectivity index (χ2v) is 8.16. The summed E-state index contributed by atoms with van der Waals surface area (Å²) in [5.41, 5.74) is 0.706. The SMILES string of the molecule is Cc1nc(C)c(C(=O)NC[C@@H]2CN(S(C)(=O)=O)CCO2)s1. The van der Waals surface area contributed by atoms with Crippen LogP contribution in [0.1, 0.15) is 20.4 Å². The number of carbonyl (C=O) groups excluding carboxylic acids is 1. The van der Waals surface area contributed by atoms with Crippen molar-refractivity contribution in [2.75, 3.05) is 32.5 Å². The van der Waals surface area contributed by atoms with Gasteiger partial charge in [-0.25, -0.2) is 13.4 Å². The molecule has 2 rings (SSSR count). The van der Waals surface area contributed by atoms with E-state index >= 15 is 0 Å². The van der Waals surface area contributed by atoms with Gasteiger partial charge in [-0.3, -0.25) is 4.79 Å². The van der Waals surface area contributed by atoms with Crippen molar-refractivity contribution in [1.82, 2.24) is 14.6 Å².